The molecule has 19 heavy (non-hydrogen) atoms. The van der Waals surface area contributed by atoms with Gasteiger partial charge in [-0.2, -0.15) is 0 Å². The summed E-state index contributed by atoms with van der Waals surface area (Å²) < 4.78 is 0. The Morgan fingerprint density at radius 1 is 1.05 bits per heavy atom. The van der Waals surface area contributed by atoms with Crippen LogP contribution >= 0.6 is 11.3 Å². The summed E-state index contributed by atoms with van der Waals surface area (Å²) in [6.45, 7) is 6.74. The Kier molecular flexibility index (Phi) is 8.40. The Morgan fingerprint density at radius 2 is 1.68 bits per heavy atom. The molecule has 0 amide bonds. The summed E-state index contributed by atoms with van der Waals surface area (Å²) in [6, 6.07) is 2.92. The van der Waals surface area contributed by atoms with Crippen LogP contribution in [0.15, 0.2) is 6.07 Å². The first-order valence-electron chi connectivity index (χ1n) is 7.93. The summed E-state index contributed by atoms with van der Waals surface area (Å²) in [5.74, 6) is 0. The number of hydrogen-bond donors (Lipinski definition) is 1. The molecule has 0 aliphatic rings. The summed E-state index contributed by atoms with van der Waals surface area (Å²) in [6.07, 6.45) is 11.0. The second-order valence-electron chi connectivity index (χ2n) is 5.62. The molecule has 0 aromatic carbocycles. The van der Waals surface area contributed by atoms with Gasteiger partial charge in [0.25, 0.3) is 0 Å². The molecule has 0 saturated heterocycles. The highest BCUT2D eigenvalue weighted by molar-refractivity contribution is 7.12. The summed E-state index contributed by atoms with van der Waals surface area (Å²) >= 11 is 1.93. The first-order valence-corrected chi connectivity index (χ1v) is 8.74. The smallest absolute Gasteiger partial charge is 0.0328 e. The molecule has 1 heterocycles. The molecule has 0 aliphatic heterocycles. The summed E-state index contributed by atoms with van der Waals surface area (Å²) in [4.78, 5) is 2.92. The van der Waals surface area contributed by atoms with Crippen LogP contribution < -0.4 is 5.32 Å². The van der Waals surface area contributed by atoms with Crippen molar-refractivity contribution < 1.29 is 0 Å². The first kappa shape index (κ1) is 16.7. The lowest BCUT2D eigenvalue weighted by Gasteiger charge is -2.16. The topological polar surface area (TPSA) is 12.0 Å². The Labute approximate surface area is 123 Å². The third-order valence-electron chi connectivity index (χ3n) is 3.90. The zero-order valence-corrected chi connectivity index (χ0v) is 14.0. The van der Waals surface area contributed by atoms with Gasteiger partial charge >= 0.3 is 0 Å². The van der Waals surface area contributed by atoms with Gasteiger partial charge in [-0.15, -0.1) is 11.3 Å². The van der Waals surface area contributed by atoms with Gasteiger partial charge in [-0.3, -0.25) is 0 Å². The maximum Gasteiger partial charge on any atom is 0.0328 e. The largest absolute Gasteiger partial charge is 0.313 e. The van der Waals surface area contributed by atoms with Crippen LogP contribution in [-0.4, -0.2) is 7.05 Å². The summed E-state index contributed by atoms with van der Waals surface area (Å²) in [5, 5.41) is 3.49. The number of aryl methyl sites for hydroxylation is 2. The minimum Gasteiger partial charge on any atom is -0.313 e. The molecule has 1 rings (SSSR count). The van der Waals surface area contributed by atoms with Crippen LogP contribution in [0, 0.1) is 13.8 Å². The van der Waals surface area contributed by atoms with Crippen molar-refractivity contribution in [2.24, 2.45) is 0 Å². The average molecular weight is 282 g/mol. The van der Waals surface area contributed by atoms with Crippen LogP contribution in [0.1, 0.15) is 79.6 Å². The van der Waals surface area contributed by atoms with Crippen molar-refractivity contribution in [2.75, 3.05) is 7.05 Å². The van der Waals surface area contributed by atoms with Gasteiger partial charge in [-0.25, -0.2) is 0 Å². The van der Waals surface area contributed by atoms with Gasteiger partial charge in [0.05, 0.1) is 0 Å². The fraction of sp³-hybridized carbons (Fsp3) is 0.765. The average Bonchev–Trinajstić information content (AvgIpc) is 2.72. The zero-order chi connectivity index (χ0) is 14.1. The molecule has 1 nitrogen and oxygen atoms in total. The van der Waals surface area contributed by atoms with Crippen molar-refractivity contribution in [1.82, 2.24) is 5.32 Å². The van der Waals surface area contributed by atoms with Crippen molar-refractivity contribution in [2.45, 2.75) is 78.2 Å². The van der Waals surface area contributed by atoms with E-state index in [0.717, 1.165) is 0 Å². The van der Waals surface area contributed by atoms with Crippen molar-refractivity contribution >= 4 is 11.3 Å². The Balaban J connectivity index is 2.24. The first-order chi connectivity index (χ1) is 9.19. The molecule has 0 radical (unpaired) electrons. The molecule has 0 fully saturated rings. The van der Waals surface area contributed by atoms with E-state index in [9.17, 15) is 0 Å². The predicted molar refractivity (Wildman–Crippen MR) is 88.2 cm³/mol. The zero-order valence-electron chi connectivity index (χ0n) is 13.2. The quantitative estimate of drug-likeness (QED) is 0.537. The fourth-order valence-corrected chi connectivity index (χ4v) is 3.75. The van der Waals surface area contributed by atoms with E-state index in [2.05, 4.69) is 39.2 Å². The molecule has 1 aromatic heterocycles. The number of hydrogen-bond acceptors (Lipinski definition) is 2. The lowest BCUT2D eigenvalue weighted by Crippen LogP contribution is -2.16. The molecule has 110 valence electrons. The number of thiophene rings is 1. The van der Waals surface area contributed by atoms with Gasteiger partial charge in [-0.05, 0) is 38.9 Å². The van der Waals surface area contributed by atoms with Crippen LogP contribution in [-0.2, 0) is 0 Å². The molecule has 0 bridgehead atoms. The Bertz CT molecular complexity index is 343. The van der Waals surface area contributed by atoms with E-state index in [0.29, 0.717) is 6.04 Å². The van der Waals surface area contributed by atoms with Crippen LogP contribution in [0.4, 0.5) is 0 Å². The second-order valence-corrected chi connectivity index (χ2v) is 7.08. The summed E-state index contributed by atoms with van der Waals surface area (Å²) in [7, 11) is 2.10. The molecule has 0 spiro atoms. The van der Waals surface area contributed by atoms with E-state index >= 15 is 0 Å². The van der Waals surface area contributed by atoms with Gasteiger partial charge in [0.1, 0.15) is 0 Å². The molecule has 1 N–H and O–H groups in total. The van der Waals surface area contributed by atoms with Crippen LogP contribution in [0.5, 0.6) is 0 Å². The lowest BCUT2D eigenvalue weighted by molar-refractivity contribution is 0.495. The highest BCUT2D eigenvalue weighted by Gasteiger charge is 2.13. The molecule has 0 aliphatic carbocycles. The maximum atomic E-state index is 3.49. The van der Waals surface area contributed by atoms with Crippen molar-refractivity contribution in [3.05, 3.63) is 21.4 Å². The molecular weight excluding hydrogens is 250 g/mol. The molecule has 1 aromatic rings. The van der Waals surface area contributed by atoms with Gasteiger partial charge in [0.2, 0.25) is 0 Å². The molecule has 2 heteroatoms. The molecule has 0 saturated carbocycles. The Morgan fingerprint density at radius 3 is 2.21 bits per heavy atom. The van der Waals surface area contributed by atoms with Gasteiger partial charge < -0.3 is 5.32 Å². The van der Waals surface area contributed by atoms with Crippen LogP contribution in [0.25, 0.3) is 0 Å². The number of rotatable bonds is 10. The highest BCUT2D eigenvalue weighted by atomic mass is 32.1. The SMILES string of the molecule is CCCCCCCCCC(NC)c1cc(C)sc1C. The standard InChI is InChI=1S/C17H31NS/c1-5-6-7-8-9-10-11-12-17(18-4)16-13-14(2)19-15(16)3/h13,17-18H,5-12H2,1-4H3. The predicted octanol–water partition coefficient (Wildman–Crippen LogP) is 5.77. The highest BCUT2D eigenvalue weighted by Crippen LogP contribution is 2.29. The second kappa shape index (κ2) is 9.55. The number of nitrogens with one attached hydrogen (secondary N) is 1. The summed E-state index contributed by atoms with van der Waals surface area (Å²) in [5.41, 5.74) is 1.52. The number of unbranched alkanes of at least 4 members (excludes halogenated alkanes) is 6. The van der Waals surface area contributed by atoms with E-state index in [-0.39, 0.29) is 0 Å². The van der Waals surface area contributed by atoms with Crippen LogP contribution in [0.3, 0.4) is 0 Å². The normalized spacial score (nSPS) is 12.8. The molecule has 1 unspecified atom stereocenters. The maximum absolute atomic E-state index is 3.49. The van der Waals surface area contributed by atoms with Crippen molar-refractivity contribution in [1.29, 1.82) is 0 Å². The minimum absolute atomic E-state index is 0.556. The molecular formula is C17H31NS. The van der Waals surface area contributed by atoms with Gasteiger partial charge in [0.15, 0.2) is 0 Å². The monoisotopic (exact) mass is 281 g/mol. The molecule has 1 atom stereocenters. The van der Waals surface area contributed by atoms with E-state index in [4.69, 9.17) is 0 Å². The van der Waals surface area contributed by atoms with Crippen LogP contribution in [0.2, 0.25) is 0 Å². The van der Waals surface area contributed by atoms with E-state index < -0.39 is 0 Å². The van der Waals surface area contributed by atoms with E-state index in [1.807, 2.05) is 11.3 Å². The fourth-order valence-electron chi connectivity index (χ4n) is 2.76. The van der Waals surface area contributed by atoms with Gasteiger partial charge in [0, 0.05) is 15.8 Å². The third-order valence-corrected chi connectivity index (χ3v) is 4.88. The van der Waals surface area contributed by atoms with E-state index in [1.54, 1.807) is 0 Å². The van der Waals surface area contributed by atoms with Gasteiger partial charge in [-0.1, -0.05) is 51.9 Å². The van der Waals surface area contributed by atoms with E-state index in [1.165, 1.54) is 66.7 Å². The minimum atomic E-state index is 0.556. The van der Waals surface area contributed by atoms with Crippen molar-refractivity contribution in [3.63, 3.8) is 0 Å². The van der Waals surface area contributed by atoms with Crippen molar-refractivity contribution in [3.8, 4) is 0 Å². The lowest BCUT2D eigenvalue weighted by atomic mass is 10.00. The third kappa shape index (κ3) is 6.09. The Hall–Kier alpha value is -0.340.